The van der Waals surface area contributed by atoms with Gasteiger partial charge in [0.15, 0.2) is 0 Å². The van der Waals surface area contributed by atoms with Crippen LogP contribution in [0.4, 0.5) is 0 Å². The largest absolute Gasteiger partial charge is 0.354 e. The lowest BCUT2D eigenvalue weighted by Gasteiger charge is -2.24. The minimum absolute atomic E-state index is 0.147. The summed E-state index contributed by atoms with van der Waals surface area (Å²) in [5.41, 5.74) is 2.49. The molecule has 1 aromatic carbocycles. The van der Waals surface area contributed by atoms with Crippen LogP contribution in [0, 0.1) is 0 Å². The number of rotatable bonds is 7. The number of unbranched alkanes of at least 4 members (excludes halogenated alkanes) is 1. The maximum Gasteiger partial charge on any atom is 0.220 e. The van der Waals surface area contributed by atoms with E-state index in [9.17, 15) is 4.79 Å². The molecule has 0 aliphatic heterocycles. The first-order valence-electron chi connectivity index (χ1n) is 8.01. The maximum absolute atomic E-state index is 11.9. The van der Waals surface area contributed by atoms with E-state index >= 15 is 0 Å². The van der Waals surface area contributed by atoms with E-state index in [0.29, 0.717) is 13.0 Å². The van der Waals surface area contributed by atoms with E-state index in [1.807, 2.05) is 0 Å². The summed E-state index contributed by atoms with van der Waals surface area (Å²) in [6, 6.07) is 8.59. The van der Waals surface area contributed by atoms with Gasteiger partial charge in [-0.15, -0.1) is 0 Å². The van der Waals surface area contributed by atoms with Crippen LogP contribution in [0.15, 0.2) is 30.5 Å². The number of para-hydroxylation sites is 1. The van der Waals surface area contributed by atoms with Crippen LogP contribution < -0.4 is 5.32 Å². The predicted octanol–water partition coefficient (Wildman–Crippen LogP) is 3.09. The number of amides is 1. The standard InChI is InChI=1S/C18H27N3O/c1-5-6-11-18(22)19-12-17(20(2)3)15-13-21(4)16-10-8-7-9-14(15)16/h7-10,13,17H,5-6,11-12H2,1-4H3,(H,19,22). The topological polar surface area (TPSA) is 37.3 Å². The Morgan fingerprint density at radius 1 is 1.32 bits per heavy atom. The Morgan fingerprint density at radius 3 is 2.73 bits per heavy atom. The van der Waals surface area contributed by atoms with Crippen LogP contribution in [-0.4, -0.2) is 36.0 Å². The van der Waals surface area contributed by atoms with Gasteiger partial charge in [0, 0.05) is 37.1 Å². The number of fused-ring (bicyclic) bond motifs is 1. The minimum atomic E-state index is 0.147. The molecule has 0 aliphatic rings. The van der Waals surface area contributed by atoms with Gasteiger partial charge in [-0.05, 0) is 32.1 Å². The molecule has 0 saturated heterocycles. The van der Waals surface area contributed by atoms with Gasteiger partial charge in [0.1, 0.15) is 0 Å². The van der Waals surface area contributed by atoms with Crippen molar-refractivity contribution in [3.8, 4) is 0 Å². The van der Waals surface area contributed by atoms with Crippen LogP contribution in [0.3, 0.4) is 0 Å². The van der Waals surface area contributed by atoms with Crippen LogP contribution in [0.25, 0.3) is 10.9 Å². The Labute approximate surface area is 133 Å². The molecule has 2 rings (SSSR count). The third-order valence-electron chi connectivity index (χ3n) is 4.16. The third-order valence-corrected chi connectivity index (χ3v) is 4.16. The van der Waals surface area contributed by atoms with Crippen molar-refractivity contribution in [1.82, 2.24) is 14.8 Å². The number of aromatic nitrogens is 1. The number of likely N-dealkylation sites (N-methyl/N-ethyl adjacent to an activating group) is 1. The predicted molar refractivity (Wildman–Crippen MR) is 91.9 cm³/mol. The second-order valence-electron chi connectivity index (χ2n) is 6.10. The van der Waals surface area contributed by atoms with Gasteiger partial charge in [-0.25, -0.2) is 0 Å². The van der Waals surface area contributed by atoms with E-state index in [1.54, 1.807) is 0 Å². The monoisotopic (exact) mass is 301 g/mol. The molecule has 0 fully saturated rings. The number of hydrogen-bond donors (Lipinski definition) is 1. The summed E-state index contributed by atoms with van der Waals surface area (Å²) in [4.78, 5) is 14.1. The molecule has 1 heterocycles. The maximum atomic E-state index is 11.9. The second-order valence-corrected chi connectivity index (χ2v) is 6.10. The normalized spacial score (nSPS) is 12.8. The van der Waals surface area contributed by atoms with E-state index in [4.69, 9.17) is 0 Å². The lowest BCUT2D eigenvalue weighted by molar-refractivity contribution is -0.121. The Balaban J connectivity index is 2.18. The first-order valence-corrected chi connectivity index (χ1v) is 8.01. The molecule has 1 aromatic heterocycles. The highest BCUT2D eigenvalue weighted by Gasteiger charge is 2.19. The van der Waals surface area contributed by atoms with Crippen molar-refractivity contribution in [2.75, 3.05) is 20.6 Å². The molecule has 22 heavy (non-hydrogen) atoms. The van der Waals surface area contributed by atoms with Crippen molar-refractivity contribution in [2.24, 2.45) is 7.05 Å². The molecule has 4 heteroatoms. The van der Waals surface area contributed by atoms with Crippen molar-refractivity contribution in [1.29, 1.82) is 0 Å². The van der Waals surface area contributed by atoms with Gasteiger partial charge in [0.2, 0.25) is 5.91 Å². The van der Waals surface area contributed by atoms with Gasteiger partial charge < -0.3 is 14.8 Å². The fourth-order valence-electron chi connectivity index (χ4n) is 2.85. The number of aryl methyl sites for hydroxylation is 1. The fourth-order valence-corrected chi connectivity index (χ4v) is 2.85. The number of benzene rings is 1. The van der Waals surface area contributed by atoms with E-state index in [-0.39, 0.29) is 11.9 Å². The van der Waals surface area contributed by atoms with E-state index in [2.05, 4.69) is 73.3 Å². The molecule has 1 atom stereocenters. The van der Waals surface area contributed by atoms with Crippen LogP contribution in [-0.2, 0) is 11.8 Å². The highest BCUT2D eigenvalue weighted by Crippen LogP contribution is 2.28. The number of carbonyl (C=O) groups excluding carboxylic acids is 1. The molecule has 1 N–H and O–H groups in total. The summed E-state index contributed by atoms with van der Waals surface area (Å²) in [7, 11) is 6.19. The molecule has 120 valence electrons. The van der Waals surface area contributed by atoms with E-state index in [1.165, 1.54) is 16.5 Å². The quantitative estimate of drug-likeness (QED) is 0.853. The molecule has 0 aliphatic carbocycles. The highest BCUT2D eigenvalue weighted by molar-refractivity contribution is 5.84. The molecular weight excluding hydrogens is 274 g/mol. The summed E-state index contributed by atoms with van der Waals surface area (Å²) in [5, 5.41) is 4.34. The smallest absolute Gasteiger partial charge is 0.220 e. The average Bonchev–Trinajstić information content (AvgIpc) is 2.83. The first kappa shape index (κ1) is 16.6. The van der Waals surface area contributed by atoms with Crippen LogP contribution >= 0.6 is 0 Å². The molecule has 0 saturated carbocycles. The van der Waals surface area contributed by atoms with Gasteiger partial charge in [-0.2, -0.15) is 0 Å². The number of carbonyl (C=O) groups is 1. The lowest BCUT2D eigenvalue weighted by Crippen LogP contribution is -2.34. The van der Waals surface area contributed by atoms with Crippen molar-refractivity contribution < 1.29 is 4.79 Å². The Hall–Kier alpha value is -1.81. The zero-order valence-corrected chi connectivity index (χ0v) is 14.1. The first-order chi connectivity index (χ1) is 10.5. The van der Waals surface area contributed by atoms with E-state index in [0.717, 1.165) is 12.8 Å². The SMILES string of the molecule is CCCCC(=O)NCC(c1cn(C)c2ccccc12)N(C)C. The Kier molecular flexibility index (Phi) is 5.61. The summed E-state index contributed by atoms with van der Waals surface area (Å²) < 4.78 is 2.15. The van der Waals surface area contributed by atoms with Crippen molar-refractivity contribution in [3.05, 3.63) is 36.0 Å². The summed E-state index contributed by atoms with van der Waals surface area (Å²) >= 11 is 0. The Morgan fingerprint density at radius 2 is 2.05 bits per heavy atom. The molecule has 0 spiro atoms. The highest BCUT2D eigenvalue weighted by atomic mass is 16.1. The Bertz CT molecular complexity index is 630. The molecule has 0 bridgehead atoms. The number of hydrogen-bond acceptors (Lipinski definition) is 2. The van der Waals surface area contributed by atoms with Crippen molar-refractivity contribution in [2.45, 2.75) is 32.2 Å². The molecule has 1 amide bonds. The minimum Gasteiger partial charge on any atom is -0.354 e. The van der Waals surface area contributed by atoms with Crippen molar-refractivity contribution in [3.63, 3.8) is 0 Å². The zero-order valence-electron chi connectivity index (χ0n) is 14.1. The van der Waals surface area contributed by atoms with Crippen LogP contribution in [0.2, 0.25) is 0 Å². The number of nitrogens with zero attached hydrogens (tertiary/aromatic N) is 2. The fraction of sp³-hybridized carbons (Fsp3) is 0.500. The number of nitrogens with one attached hydrogen (secondary N) is 1. The van der Waals surface area contributed by atoms with Crippen LogP contribution in [0.5, 0.6) is 0 Å². The average molecular weight is 301 g/mol. The van der Waals surface area contributed by atoms with Crippen molar-refractivity contribution >= 4 is 16.8 Å². The summed E-state index contributed by atoms with van der Waals surface area (Å²) in [5.74, 6) is 0.147. The molecular formula is C18H27N3O. The summed E-state index contributed by atoms with van der Waals surface area (Å²) in [6.07, 6.45) is 4.79. The van der Waals surface area contributed by atoms with Gasteiger partial charge >= 0.3 is 0 Å². The van der Waals surface area contributed by atoms with Crippen LogP contribution in [0.1, 0.15) is 37.8 Å². The van der Waals surface area contributed by atoms with Gasteiger partial charge in [0.25, 0.3) is 0 Å². The molecule has 2 aromatic rings. The molecule has 4 nitrogen and oxygen atoms in total. The summed E-state index contributed by atoms with van der Waals surface area (Å²) in [6.45, 7) is 2.75. The van der Waals surface area contributed by atoms with E-state index < -0.39 is 0 Å². The second kappa shape index (κ2) is 7.45. The molecule has 1 unspecified atom stereocenters. The zero-order chi connectivity index (χ0) is 16.1. The lowest BCUT2D eigenvalue weighted by atomic mass is 10.0. The van der Waals surface area contributed by atoms with Gasteiger partial charge in [0.05, 0.1) is 6.04 Å². The molecule has 0 radical (unpaired) electrons. The third kappa shape index (κ3) is 3.69. The van der Waals surface area contributed by atoms with Gasteiger partial charge in [-0.1, -0.05) is 31.5 Å². The van der Waals surface area contributed by atoms with Gasteiger partial charge in [-0.3, -0.25) is 4.79 Å².